The molecule has 1 aromatic heterocycles. The Kier molecular flexibility index (Phi) is 3.45. The van der Waals surface area contributed by atoms with Gasteiger partial charge in [0.15, 0.2) is 0 Å². The molecule has 0 saturated heterocycles. The zero-order valence-corrected chi connectivity index (χ0v) is 10.2. The van der Waals surface area contributed by atoms with Gasteiger partial charge in [0.2, 0.25) is 0 Å². The van der Waals surface area contributed by atoms with Crippen LogP contribution in [0.15, 0.2) is 49.7 Å². The van der Waals surface area contributed by atoms with Crippen LogP contribution in [0.25, 0.3) is 0 Å². The lowest BCUT2D eigenvalue weighted by atomic mass is 10.2. The van der Waals surface area contributed by atoms with E-state index in [-0.39, 0.29) is 0 Å². The molecule has 5 heteroatoms. The summed E-state index contributed by atoms with van der Waals surface area (Å²) in [5, 5.41) is 0.628. The second-order valence-electron chi connectivity index (χ2n) is 2.86. The summed E-state index contributed by atoms with van der Waals surface area (Å²) in [5.41, 5.74) is 6.73. The van der Waals surface area contributed by atoms with E-state index in [0.29, 0.717) is 11.8 Å². The van der Waals surface area contributed by atoms with Crippen molar-refractivity contribution in [3.05, 3.63) is 40.7 Å². The van der Waals surface area contributed by atoms with Gasteiger partial charge in [0, 0.05) is 15.9 Å². The standard InChI is InChI=1S/C10H9BrN2OS/c11-8-2-1-7(6-12)9(5-8)15-10-13-3-4-14-10/h1-5H,6,12H2. The van der Waals surface area contributed by atoms with Crippen molar-refractivity contribution in [3.63, 3.8) is 0 Å². The molecule has 78 valence electrons. The molecule has 0 amide bonds. The Morgan fingerprint density at radius 1 is 1.47 bits per heavy atom. The second-order valence-corrected chi connectivity index (χ2v) is 4.77. The van der Waals surface area contributed by atoms with E-state index >= 15 is 0 Å². The molecule has 0 spiro atoms. The Hall–Kier alpha value is -0.780. The Balaban J connectivity index is 2.30. The van der Waals surface area contributed by atoms with Crippen LogP contribution in [-0.2, 0) is 6.54 Å². The highest BCUT2D eigenvalue weighted by Gasteiger charge is 2.06. The average Bonchev–Trinajstić information content (AvgIpc) is 2.71. The maximum atomic E-state index is 5.65. The number of hydrogen-bond donors (Lipinski definition) is 1. The van der Waals surface area contributed by atoms with Gasteiger partial charge in [0.25, 0.3) is 5.22 Å². The maximum Gasteiger partial charge on any atom is 0.260 e. The number of aromatic nitrogens is 1. The van der Waals surface area contributed by atoms with E-state index in [1.807, 2.05) is 18.2 Å². The zero-order chi connectivity index (χ0) is 10.7. The molecular formula is C10H9BrN2OS. The molecule has 0 radical (unpaired) electrons. The van der Waals surface area contributed by atoms with Crippen LogP contribution in [0.5, 0.6) is 0 Å². The Morgan fingerprint density at radius 2 is 2.33 bits per heavy atom. The summed E-state index contributed by atoms with van der Waals surface area (Å²) in [6.07, 6.45) is 3.19. The minimum atomic E-state index is 0.510. The normalized spacial score (nSPS) is 10.5. The van der Waals surface area contributed by atoms with E-state index in [0.717, 1.165) is 14.9 Å². The van der Waals surface area contributed by atoms with Crippen molar-refractivity contribution in [1.82, 2.24) is 4.98 Å². The van der Waals surface area contributed by atoms with Crippen LogP contribution < -0.4 is 5.73 Å². The molecule has 2 N–H and O–H groups in total. The summed E-state index contributed by atoms with van der Waals surface area (Å²) >= 11 is 4.90. The van der Waals surface area contributed by atoms with Crippen LogP contribution in [0.2, 0.25) is 0 Å². The van der Waals surface area contributed by atoms with E-state index in [9.17, 15) is 0 Å². The minimum absolute atomic E-state index is 0.510. The Morgan fingerprint density at radius 3 is 3.00 bits per heavy atom. The number of hydrogen-bond acceptors (Lipinski definition) is 4. The first-order valence-corrected chi connectivity index (χ1v) is 5.96. The fourth-order valence-corrected chi connectivity index (χ4v) is 2.53. The molecule has 2 rings (SSSR count). The van der Waals surface area contributed by atoms with E-state index in [1.54, 1.807) is 12.5 Å². The third kappa shape index (κ3) is 2.62. The van der Waals surface area contributed by atoms with Crippen LogP contribution in [0.4, 0.5) is 0 Å². The Bertz CT molecular complexity index is 445. The van der Waals surface area contributed by atoms with Crippen LogP contribution in [-0.4, -0.2) is 4.98 Å². The van der Waals surface area contributed by atoms with Gasteiger partial charge in [-0.15, -0.1) is 0 Å². The van der Waals surface area contributed by atoms with E-state index in [1.165, 1.54) is 11.8 Å². The Labute approximate surface area is 100 Å². The van der Waals surface area contributed by atoms with Gasteiger partial charge in [-0.25, -0.2) is 4.98 Å². The summed E-state index contributed by atoms with van der Waals surface area (Å²) in [6.45, 7) is 0.510. The fraction of sp³-hybridized carbons (Fsp3) is 0.100. The molecule has 0 aliphatic rings. The number of nitrogens with two attached hydrogens (primary N) is 1. The fourth-order valence-electron chi connectivity index (χ4n) is 1.15. The SMILES string of the molecule is NCc1ccc(Br)cc1Sc1ncco1. The molecule has 3 nitrogen and oxygen atoms in total. The molecule has 0 bridgehead atoms. The molecular weight excluding hydrogens is 276 g/mol. The summed E-state index contributed by atoms with van der Waals surface area (Å²) in [5.74, 6) is 0. The molecule has 0 fully saturated rings. The molecule has 1 aromatic carbocycles. The first-order valence-electron chi connectivity index (χ1n) is 4.35. The molecule has 1 heterocycles. The van der Waals surface area contributed by atoms with Gasteiger partial charge in [-0.3, -0.25) is 0 Å². The first kappa shape index (κ1) is 10.7. The van der Waals surface area contributed by atoms with Gasteiger partial charge in [-0.05, 0) is 29.5 Å². The van der Waals surface area contributed by atoms with Crippen LogP contribution in [0.3, 0.4) is 0 Å². The van der Waals surface area contributed by atoms with Crippen molar-refractivity contribution >= 4 is 27.7 Å². The minimum Gasteiger partial charge on any atom is -0.440 e. The summed E-state index contributed by atoms with van der Waals surface area (Å²) < 4.78 is 6.19. The molecule has 0 atom stereocenters. The maximum absolute atomic E-state index is 5.65. The van der Waals surface area contributed by atoms with Gasteiger partial charge in [0.1, 0.15) is 6.26 Å². The zero-order valence-electron chi connectivity index (χ0n) is 7.81. The van der Waals surface area contributed by atoms with Gasteiger partial charge in [-0.1, -0.05) is 22.0 Å². The first-order chi connectivity index (χ1) is 7.29. The van der Waals surface area contributed by atoms with Crippen molar-refractivity contribution in [1.29, 1.82) is 0 Å². The number of oxazole rings is 1. The lowest BCUT2D eigenvalue weighted by Gasteiger charge is -2.05. The predicted octanol–water partition coefficient (Wildman–Crippen LogP) is 3.05. The van der Waals surface area contributed by atoms with Gasteiger partial charge in [-0.2, -0.15) is 0 Å². The van der Waals surface area contributed by atoms with Crippen molar-refractivity contribution in [2.45, 2.75) is 16.7 Å². The second kappa shape index (κ2) is 4.83. The van der Waals surface area contributed by atoms with E-state index < -0.39 is 0 Å². The topological polar surface area (TPSA) is 52.0 Å². The predicted molar refractivity (Wildman–Crippen MR) is 62.7 cm³/mol. The van der Waals surface area contributed by atoms with Crippen molar-refractivity contribution in [3.8, 4) is 0 Å². The summed E-state index contributed by atoms with van der Waals surface area (Å²) in [4.78, 5) is 5.12. The van der Waals surface area contributed by atoms with Crippen LogP contribution >= 0.6 is 27.7 Å². The highest BCUT2D eigenvalue weighted by molar-refractivity contribution is 9.10. The molecule has 0 saturated carbocycles. The highest BCUT2D eigenvalue weighted by Crippen LogP contribution is 2.31. The van der Waals surface area contributed by atoms with Crippen molar-refractivity contribution < 1.29 is 4.42 Å². The summed E-state index contributed by atoms with van der Waals surface area (Å²) in [6, 6.07) is 5.98. The van der Waals surface area contributed by atoms with Gasteiger partial charge < -0.3 is 10.2 Å². The van der Waals surface area contributed by atoms with E-state index in [2.05, 4.69) is 20.9 Å². The number of rotatable bonds is 3. The molecule has 0 unspecified atom stereocenters. The molecule has 15 heavy (non-hydrogen) atoms. The third-order valence-corrected chi connectivity index (χ3v) is 3.33. The monoisotopic (exact) mass is 284 g/mol. The van der Waals surface area contributed by atoms with Crippen LogP contribution in [0.1, 0.15) is 5.56 Å². The van der Waals surface area contributed by atoms with Crippen molar-refractivity contribution in [2.24, 2.45) is 5.73 Å². The van der Waals surface area contributed by atoms with Crippen molar-refractivity contribution in [2.75, 3.05) is 0 Å². The number of nitrogens with zero attached hydrogens (tertiary/aromatic N) is 1. The highest BCUT2D eigenvalue weighted by atomic mass is 79.9. The molecule has 0 aliphatic carbocycles. The smallest absolute Gasteiger partial charge is 0.260 e. The lowest BCUT2D eigenvalue weighted by molar-refractivity contribution is 0.454. The molecule has 2 aromatic rings. The van der Waals surface area contributed by atoms with Gasteiger partial charge >= 0.3 is 0 Å². The largest absolute Gasteiger partial charge is 0.440 e. The number of halogens is 1. The van der Waals surface area contributed by atoms with E-state index in [4.69, 9.17) is 10.2 Å². The number of benzene rings is 1. The summed E-state index contributed by atoms with van der Waals surface area (Å²) in [7, 11) is 0. The average molecular weight is 285 g/mol. The quantitative estimate of drug-likeness (QED) is 0.941. The third-order valence-electron chi connectivity index (χ3n) is 1.86. The molecule has 0 aliphatic heterocycles. The van der Waals surface area contributed by atoms with Crippen LogP contribution in [0, 0.1) is 0 Å². The lowest BCUT2D eigenvalue weighted by Crippen LogP contribution is -1.97. The van der Waals surface area contributed by atoms with Gasteiger partial charge in [0.05, 0.1) is 6.20 Å².